The molecule has 0 bridgehead atoms. The monoisotopic (exact) mass is 616 g/mol. The highest BCUT2D eigenvalue weighted by atomic mass is 16.5. The zero-order valence-electron chi connectivity index (χ0n) is 25.6. The van der Waals surface area contributed by atoms with E-state index in [0.717, 1.165) is 29.7 Å². The average molecular weight is 617 g/mol. The number of nitrogens with one attached hydrogen (secondary N) is 1. The van der Waals surface area contributed by atoms with Crippen LogP contribution >= 0.6 is 0 Å². The number of carbonyl (C=O) groups is 4. The number of carboxylic acid groups (broad SMARTS) is 2. The van der Waals surface area contributed by atoms with Crippen molar-refractivity contribution in [3.63, 3.8) is 0 Å². The molecule has 45 heavy (non-hydrogen) atoms. The first-order valence-corrected chi connectivity index (χ1v) is 14.5. The number of fused-ring (bicyclic) bond motifs is 2. The number of esters is 1. The molecule has 3 aromatic rings. The van der Waals surface area contributed by atoms with Crippen LogP contribution in [0.15, 0.2) is 41.2 Å². The van der Waals surface area contributed by atoms with E-state index in [9.17, 15) is 29.1 Å². The number of carbonyl (C=O) groups excluding carboxylic acids is 2. The molecule has 12 heteroatoms. The number of aliphatic carboxylic acids is 2. The van der Waals surface area contributed by atoms with Crippen molar-refractivity contribution < 1.29 is 34.1 Å². The molecule has 4 rings (SSSR count). The SMILES string of the molecule is C#CCN(c1ccc(C(=O)N[C@@H](CCC(=O)O)C(=O)O)cc1)C1CCc2cc3nc(C)n(COC(=O)C(C)(C)C)c(=O)c3cc21. The minimum absolute atomic E-state index is 0.180. The van der Waals surface area contributed by atoms with Gasteiger partial charge >= 0.3 is 17.9 Å². The van der Waals surface area contributed by atoms with Crippen molar-refractivity contribution in [2.45, 2.75) is 72.2 Å². The van der Waals surface area contributed by atoms with Gasteiger partial charge in [-0.15, -0.1) is 6.42 Å². The van der Waals surface area contributed by atoms with Gasteiger partial charge in [0.2, 0.25) is 0 Å². The number of ether oxygens (including phenoxy) is 1. The van der Waals surface area contributed by atoms with Crippen molar-refractivity contribution in [1.82, 2.24) is 14.9 Å². The highest BCUT2D eigenvalue weighted by Gasteiger charge is 2.30. The van der Waals surface area contributed by atoms with Gasteiger partial charge in [0.1, 0.15) is 11.9 Å². The number of rotatable bonds is 11. The highest BCUT2D eigenvalue weighted by Crippen LogP contribution is 2.39. The molecule has 1 unspecified atom stereocenters. The van der Waals surface area contributed by atoms with Crippen molar-refractivity contribution in [3.8, 4) is 12.3 Å². The molecule has 1 heterocycles. The Morgan fingerprint density at radius 2 is 1.87 bits per heavy atom. The lowest BCUT2D eigenvalue weighted by Crippen LogP contribution is -2.41. The molecule has 0 fully saturated rings. The highest BCUT2D eigenvalue weighted by molar-refractivity contribution is 5.97. The maximum atomic E-state index is 13.6. The van der Waals surface area contributed by atoms with Crippen LogP contribution in [0.25, 0.3) is 10.9 Å². The summed E-state index contributed by atoms with van der Waals surface area (Å²) in [6.07, 6.45) is 6.55. The Morgan fingerprint density at radius 3 is 2.47 bits per heavy atom. The summed E-state index contributed by atoms with van der Waals surface area (Å²) in [5.74, 6) is -0.447. The van der Waals surface area contributed by atoms with Crippen LogP contribution in [-0.2, 0) is 32.3 Å². The largest absolute Gasteiger partial charge is 0.481 e. The van der Waals surface area contributed by atoms with Gasteiger partial charge < -0.3 is 25.2 Å². The van der Waals surface area contributed by atoms with Crippen LogP contribution in [0.3, 0.4) is 0 Å². The third-order valence-corrected chi connectivity index (χ3v) is 7.74. The van der Waals surface area contributed by atoms with E-state index in [1.807, 2.05) is 17.0 Å². The quantitative estimate of drug-likeness (QED) is 0.214. The van der Waals surface area contributed by atoms with Crippen molar-refractivity contribution in [2.24, 2.45) is 5.41 Å². The summed E-state index contributed by atoms with van der Waals surface area (Å²) in [7, 11) is 0. The number of anilines is 1. The molecule has 0 saturated carbocycles. The van der Waals surface area contributed by atoms with Crippen molar-refractivity contribution in [3.05, 3.63) is 69.3 Å². The van der Waals surface area contributed by atoms with Crippen LogP contribution < -0.4 is 15.8 Å². The fraction of sp³-hybridized carbons (Fsp3) is 0.394. The predicted molar refractivity (Wildman–Crippen MR) is 166 cm³/mol. The molecule has 0 radical (unpaired) electrons. The van der Waals surface area contributed by atoms with Gasteiger partial charge in [0.15, 0.2) is 6.73 Å². The van der Waals surface area contributed by atoms with Crippen molar-refractivity contribution in [2.75, 3.05) is 11.4 Å². The zero-order chi connectivity index (χ0) is 33.1. The van der Waals surface area contributed by atoms with Crippen LogP contribution in [0.1, 0.15) is 73.4 Å². The molecule has 1 amide bonds. The number of amides is 1. The molecule has 1 aliphatic carbocycles. The molecule has 12 nitrogen and oxygen atoms in total. The lowest BCUT2D eigenvalue weighted by Gasteiger charge is -2.30. The van der Waals surface area contributed by atoms with Crippen LogP contribution in [0.2, 0.25) is 0 Å². The summed E-state index contributed by atoms with van der Waals surface area (Å²) in [5, 5.41) is 21.0. The third kappa shape index (κ3) is 7.32. The van der Waals surface area contributed by atoms with E-state index >= 15 is 0 Å². The first-order valence-electron chi connectivity index (χ1n) is 14.5. The van der Waals surface area contributed by atoms with Crippen molar-refractivity contribution in [1.29, 1.82) is 0 Å². The Bertz CT molecular complexity index is 1750. The lowest BCUT2D eigenvalue weighted by atomic mass is 9.98. The fourth-order valence-electron chi connectivity index (χ4n) is 5.28. The van der Waals surface area contributed by atoms with Gasteiger partial charge in [0.05, 0.1) is 28.9 Å². The van der Waals surface area contributed by atoms with E-state index in [-0.39, 0.29) is 36.9 Å². The van der Waals surface area contributed by atoms with Gasteiger partial charge in [-0.3, -0.25) is 23.7 Å². The maximum Gasteiger partial charge on any atom is 0.326 e. The maximum absolute atomic E-state index is 13.6. The number of nitrogens with zero attached hydrogens (tertiary/aromatic N) is 3. The number of benzene rings is 2. The molecule has 2 atom stereocenters. The van der Waals surface area contributed by atoms with E-state index in [4.69, 9.17) is 16.3 Å². The third-order valence-electron chi connectivity index (χ3n) is 7.74. The van der Waals surface area contributed by atoms with Crippen LogP contribution in [0.5, 0.6) is 0 Å². The predicted octanol–water partition coefficient (Wildman–Crippen LogP) is 3.43. The number of aromatic nitrogens is 2. The standard InChI is InChI=1S/C33H36N4O8/c1-6-15-36(22-10-7-20(8-11-22)29(40)35-25(31(42)43)12-14-28(38)39)27-13-9-21-16-26-24(17-23(21)27)30(41)37(19(2)34-26)18-45-32(44)33(3,4)5/h1,7-8,10-11,16-17,25,27H,9,12-15,18H2,2-5H3,(H,35,40)(H,38,39)(H,42,43)/t25-,27?/m0/s1. The number of aryl methyl sites for hydroxylation is 2. The van der Waals surface area contributed by atoms with Gasteiger partial charge in [-0.25, -0.2) is 9.78 Å². The molecule has 0 aliphatic heterocycles. The molecule has 1 aliphatic rings. The Kier molecular flexibility index (Phi) is 9.61. The first-order chi connectivity index (χ1) is 21.2. The van der Waals surface area contributed by atoms with E-state index in [1.165, 1.54) is 4.57 Å². The summed E-state index contributed by atoms with van der Waals surface area (Å²) >= 11 is 0. The molecule has 2 aromatic carbocycles. The van der Waals surface area contributed by atoms with Gasteiger partial charge in [-0.1, -0.05) is 5.92 Å². The smallest absolute Gasteiger partial charge is 0.326 e. The van der Waals surface area contributed by atoms with E-state index in [1.54, 1.807) is 52.0 Å². The van der Waals surface area contributed by atoms with Crippen molar-refractivity contribution >= 4 is 40.4 Å². The molecule has 236 valence electrons. The second-order valence-corrected chi connectivity index (χ2v) is 12.0. The fourth-order valence-corrected chi connectivity index (χ4v) is 5.28. The number of terminal acetylenes is 1. The van der Waals surface area contributed by atoms with Crippen LogP contribution in [-0.4, -0.2) is 56.2 Å². The molecule has 0 saturated heterocycles. The Morgan fingerprint density at radius 1 is 1.18 bits per heavy atom. The molecular formula is C33H36N4O8. The summed E-state index contributed by atoms with van der Waals surface area (Å²) in [6.45, 7) is 6.88. The summed E-state index contributed by atoms with van der Waals surface area (Å²) < 4.78 is 6.73. The molecule has 0 spiro atoms. The second kappa shape index (κ2) is 13.2. The number of hydrogen-bond acceptors (Lipinski definition) is 8. The topological polar surface area (TPSA) is 168 Å². The minimum atomic E-state index is -1.34. The lowest BCUT2D eigenvalue weighted by molar-refractivity contribution is -0.157. The Balaban J connectivity index is 1.61. The van der Waals surface area contributed by atoms with Gasteiger partial charge in [0, 0.05) is 17.7 Å². The zero-order valence-corrected chi connectivity index (χ0v) is 25.6. The average Bonchev–Trinajstić information content (AvgIpc) is 3.38. The van der Waals surface area contributed by atoms with Gasteiger partial charge in [-0.2, -0.15) is 0 Å². The van der Waals surface area contributed by atoms with Crippen LogP contribution in [0, 0.1) is 24.7 Å². The van der Waals surface area contributed by atoms with E-state index in [0.29, 0.717) is 16.7 Å². The minimum Gasteiger partial charge on any atom is -0.481 e. The molecule has 3 N–H and O–H groups in total. The first kappa shape index (κ1) is 32.7. The van der Waals surface area contributed by atoms with E-state index < -0.39 is 41.7 Å². The van der Waals surface area contributed by atoms with Crippen LogP contribution in [0.4, 0.5) is 5.69 Å². The number of hydrogen-bond donors (Lipinski definition) is 3. The summed E-state index contributed by atoms with van der Waals surface area (Å²) in [4.78, 5) is 67.6. The van der Waals surface area contributed by atoms with Gasteiger partial charge in [0.25, 0.3) is 11.5 Å². The number of carboxylic acids is 2. The van der Waals surface area contributed by atoms with E-state index in [2.05, 4.69) is 16.2 Å². The molecule has 1 aromatic heterocycles. The Hall–Kier alpha value is -5.18. The second-order valence-electron chi connectivity index (χ2n) is 12.0. The van der Waals surface area contributed by atoms with Gasteiger partial charge in [-0.05, 0) is 94.5 Å². The summed E-state index contributed by atoms with van der Waals surface area (Å²) in [6, 6.07) is 8.72. The molecular weight excluding hydrogens is 580 g/mol. The summed E-state index contributed by atoms with van der Waals surface area (Å²) in [5.41, 5.74) is 2.38. The normalized spacial score (nSPS) is 14.7. The Labute approximate surface area is 260 Å².